The zero-order valence-corrected chi connectivity index (χ0v) is 11.0. The van der Waals surface area contributed by atoms with Gasteiger partial charge >= 0.3 is 0 Å². The van der Waals surface area contributed by atoms with Crippen molar-refractivity contribution in [2.45, 2.75) is 18.9 Å². The molecule has 0 radical (unpaired) electrons. The maximum absolute atomic E-state index is 11.1. The average molecular weight is 257 g/mol. The van der Waals surface area contributed by atoms with Crippen molar-refractivity contribution in [2.75, 3.05) is 38.7 Å². The Kier molecular flexibility index (Phi) is 6.75. The van der Waals surface area contributed by atoms with Gasteiger partial charge in [0.25, 0.3) is 0 Å². The van der Waals surface area contributed by atoms with Crippen LogP contribution >= 0.6 is 12.4 Å². The number of rotatable bonds is 5. The largest absolute Gasteiger partial charge is 0.313 e. The lowest BCUT2D eigenvalue weighted by atomic mass is 10.2. The van der Waals surface area contributed by atoms with Crippen molar-refractivity contribution in [2.24, 2.45) is 0 Å². The predicted octanol–water partition coefficient (Wildman–Crippen LogP) is 0.137. The summed E-state index contributed by atoms with van der Waals surface area (Å²) >= 11 is 0. The molecule has 92 valence electrons. The average Bonchev–Trinajstić information content (AvgIpc) is 2.39. The fraction of sp³-hybridized carbons (Fsp3) is 1.00. The highest BCUT2D eigenvalue weighted by molar-refractivity contribution is 7.91. The maximum Gasteiger partial charge on any atom is 0.151 e. The van der Waals surface area contributed by atoms with E-state index >= 15 is 0 Å². The third-order valence-corrected chi connectivity index (χ3v) is 4.22. The SMILES string of the molecule is CN(C)CCCNC1CCS(=O)(=O)C1.Cl. The van der Waals surface area contributed by atoms with Crippen LogP contribution in [0.15, 0.2) is 0 Å². The molecule has 6 heteroatoms. The van der Waals surface area contributed by atoms with E-state index in [1.807, 2.05) is 14.1 Å². The minimum atomic E-state index is -2.72. The Morgan fingerprint density at radius 3 is 2.53 bits per heavy atom. The van der Waals surface area contributed by atoms with Crippen LogP contribution in [0.1, 0.15) is 12.8 Å². The number of halogens is 1. The van der Waals surface area contributed by atoms with Gasteiger partial charge in [0.05, 0.1) is 11.5 Å². The monoisotopic (exact) mass is 256 g/mol. The van der Waals surface area contributed by atoms with E-state index in [2.05, 4.69) is 10.2 Å². The quantitative estimate of drug-likeness (QED) is 0.711. The minimum absolute atomic E-state index is 0. The lowest BCUT2D eigenvalue weighted by Crippen LogP contribution is -2.32. The van der Waals surface area contributed by atoms with Gasteiger partial charge in [-0.1, -0.05) is 0 Å². The highest BCUT2D eigenvalue weighted by Gasteiger charge is 2.26. The molecule has 0 aromatic carbocycles. The Balaban J connectivity index is 0.00000196. The van der Waals surface area contributed by atoms with Gasteiger partial charge in [-0.2, -0.15) is 0 Å². The summed E-state index contributed by atoms with van der Waals surface area (Å²) in [6.07, 6.45) is 1.86. The van der Waals surface area contributed by atoms with Crippen molar-refractivity contribution in [3.05, 3.63) is 0 Å². The van der Waals surface area contributed by atoms with Gasteiger partial charge in [0.2, 0.25) is 0 Å². The van der Waals surface area contributed by atoms with E-state index in [0.29, 0.717) is 11.5 Å². The Morgan fingerprint density at radius 2 is 2.07 bits per heavy atom. The van der Waals surface area contributed by atoms with Crippen LogP contribution in [-0.4, -0.2) is 58.1 Å². The van der Waals surface area contributed by atoms with Crippen LogP contribution in [-0.2, 0) is 9.84 Å². The predicted molar refractivity (Wildman–Crippen MR) is 65.5 cm³/mol. The molecule has 4 nitrogen and oxygen atoms in total. The summed E-state index contributed by atoms with van der Waals surface area (Å²) in [6.45, 7) is 1.96. The third-order valence-electron chi connectivity index (χ3n) is 2.45. The Bertz CT molecular complexity index is 267. The molecule has 1 aliphatic heterocycles. The first-order chi connectivity index (χ1) is 6.49. The van der Waals surface area contributed by atoms with Crippen molar-refractivity contribution in [3.8, 4) is 0 Å². The maximum atomic E-state index is 11.1. The molecule has 0 aromatic heterocycles. The van der Waals surface area contributed by atoms with Gasteiger partial charge in [0.1, 0.15) is 0 Å². The molecule has 1 aliphatic rings. The lowest BCUT2D eigenvalue weighted by Gasteiger charge is -2.12. The highest BCUT2D eigenvalue weighted by Crippen LogP contribution is 2.10. The van der Waals surface area contributed by atoms with Gasteiger partial charge in [0.15, 0.2) is 9.84 Å². The second-order valence-electron chi connectivity index (χ2n) is 4.21. The summed E-state index contributed by atoms with van der Waals surface area (Å²) in [4.78, 5) is 2.13. The summed E-state index contributed by atoms with van der Waals surface area (Å²) in [7, 11) is 1.36. The lowest BCUT2D eigenvalue weighted by molar-refractivity contribution is 0.388. The van der Waals surface area contributed by atoms with E-state index in [4.69, 9.17) is 0 Å². The first-order valence-electron chi connectivity index (χ1n) is 5.08. The van der Waals surface area contributed by atoms with Gasteiger partial charge in [-0.05, 0) is 40.0 Å². The van der Waals surface area contributed by atoms with Crippen molar-refractivity contribution in [3.63, 3.8) is 0 Å². The van der Waals surface area contributed by atoms with Crippen LogP contribution in [0.2, 0.25) is 0 Å². The number of hydrogen-bond donors (Lipinski definition) is 1. The van der Waals surface area contributed by atoms with E-state index in [1.165, 1.54) is 0 Å². The first-order valence-corrected chi connectivity index (χ1v) is 6.90. The van der Waals surface area contributed by atoms with Crippen molar-refractivity contribution in [1.82, 2.24) is 10.2 Å². The normalized spacial score (nSPS) is 24.1. The summed E-state index contributed by atoms with van der Waals surface area (Å²) in [6, 6.07) is 0.196. The molecule has 1 N–H and O–H groups in total. The standard InChI is InChI=1S/C9H20N2O2S.ClH/c1-11(2)6-3-5-10-9-4-7-14(12,13)8-9;/h9-10H,3-8H2,1-2H3;1H. The van der Waals surface area contributed by atoms with Crippen LogP contribution < -0.4 is 5.32 Å². The highest BCUT2D eigenvalue weighted by atomic mass is 35.5. The molecule has 1 unspecified atom stereocenters. The zero-order valence-electron chi connectivity index (χ0n) is 9.40. The molecule has 0 aromatic rings. The van der Waals surface area contributed by atoms with Crippen LogP contribution in [0.3, 0.4) is 0 Å². The summed E-state index contributed by atoms with van der Waals surface area (Å²) in [5.41, 5.74) is 0. The van der Waals surface area contributed by atoms with Gasteiger partial charge in [-0.15, -0.1) is 12.4 Å². The minimum Gasteiger partial charge on any atom is -0.313 e. The second-order valence-corrected chi connectivity index (χ2v) is 6.44. The fourth-order valence-corrected chi connectivity index (χ4v) is 3.37. The number of nitrogens with zero attached hydrogens (tertiary/aromatic N) is 1. The molecule has 1 heterocycles. The third kappa shape index (κ3) is 6.35. The van der Waals surface area contributed by atoms with E-state index in [1.54, 1.807) is 0 Å². The topological polar surface area (TPSA) is 49.4 Å². The molecule has 1 rings (SSSR count). The van der Waals surface area contributed by atoms with Crippen molar-refractivity contribution < 1.29 is 8.42 Å². The molecular weight excluding hydrogens is 236 g/mol. The Morgan fingerprint density at radius 1 is 1.40 bits per heavy atom. The summed E-state index contributed by atoms with van der Waals surface area (Å²) in [5, 5.41) is 3.29. The van der Waals surface area contributed by atoms with Crippen LogP contribution in [0.25, 0.3) is 0 Å². The molecular formula is C9H21ClN2O2S. The summed E-state index contributed by atoms with van der Waals surface area (Å²) in [5.74, 6) is 0.688. The zero-order chi connectivity index (χ0) is 10.6. The van der Waals surface area contributed by atoms with E-state index < -0.39 is 9.84 Å². The molecule has 1 fully saturated rings. The van der Waals surface area contributed by atoms with Gasteiger partial charge in [-0.25, -0.2) is 8.42 Å². The van der Waals surface area contributed by atoms with Crippen LogP contribution in [0.5, 0.6) is 0 Å². The van der Waals surface area contributed by atoms with Gasteiger partial charge < -0.3 is 10.2 Å². The molecule has 0 aliphatic carbocycles. The molecule has 0 amide bonds. The van der Waals surface area contributed by atoms with E-state index in [9.17, 15) is 8.42 Å². The van der Waals surface area contributed by atoms with E-state index in [0.717, 1.165) is 25.9 Å². The van der Waals surface area contributed by atoms with Crippen LogP contribution in [0, 0.1) is 0 Å². The van der Waals surface area contributed by atoms with Crippen LogP contribution in [0.4, 0.5) is 0 Å². The van der Waals surface area contributed by atoms with Gasteiger partial charge in [-0.3, -0.25) is 0 Å². The summed E-state index contributed by atoms with van der Waals surface area (Å²) < 4.78 is 22.3. The number of hydrogen-bond acceptors (Lipinski definition) is 4. The fourth-order valence-electron chi connectivity index (χ4n) is 1.66. The number of nitrogens with one attached hydrogen (secondary N) is 1. The van der Waals surface area contributed by atoms with E-state index in [-0.39, 0.29) is 18.4 Å². The molecule has 1 saturated heterocycles. The smallest absolute Gasteiger partial charge is 0.151 e. The first kappa shape index (κ1) is 15.2. The Hall–Kier alpha value is 0.160. The molecule has 0 saturated carbocycles. The molecule has 1 atom stereocenters. The van der Waals surface area contributed by atoms with Gasteiger partial charge in [0, 0.05) is 6.04 Å². The van der Waals surface area contributed by atoms with Crippen molar-refractivity contribution in [1.29, 1.82) is 0 Å². The Labute approximate surface area is 98.7 Å². The molecule has 0 spiro atoms. The molecule has 15 heavy (non-hydrogen) atoms. The second kappa shape index (κ2) is 6.68. The molecule has 0 bridgehead atoms. The number of sulfone groups is 1. The van der Waals surface area contributed by atoms with Crippen molar-refractivity contribution >= 4 is 22.2 Å².